The molecule has 0 amide bonds. The van der Waals surface area contributed by atoms with Gasteiger partial charge in [-0.05, 0) is 70.7 Å². The van der Waals surface area contributed by atoms with E-state index in [4.69, 9.17) is 0 Å². The quantitative estimate of drug-likeness (QED) is 0.376. The van der Waals surface area contributed by atoms with Gasteiger partial charge in [-0.25, -0.2) is 4.39 Å². The molecule has 0 bridgehead atoms. The van der Waals surface area contributed by atoms with Crippen LogP contribution in [0.25, 0.3) is 0 Å². The molecule has 0 radical (unpaired) electrons. The molecular formula is C23H37FN2. The second kappa shape index (κ2) is 11.4. The van der Waals surface area contributed by atoms with Crippen molar-refractivity contribution in [2.75, 3.05) is 19.6 Å². The summed E-state index contributed by atoms with van der Waals surface area (Å²) in [5.74, 6) is 0. The van der Waals surface area contributed by atoms with Crippen LogP contribution in [0.15, 0.2) is 48.2 Å². The Morgan fingerprint density at radius 3 is 2.73 bits per heavy atom. The van der Waals surface area contributed by atoms with Crippen molar-refractivity contribution in [2.24, 2.45) is 0 Å². The molecular weight excluding hydrogens is 323 g/mol. The SMILES string of the molecule is C=CC(CC1=CC=C(C)C(F)C1)NC(=C)CCCCCN1CCCCC1. The number of nitrogens with zero attached hydrogens (tertiary/aromatic N) is 1. The molecule has 26 heavy (non-hydrogen) atoms. The number of hydrogen-bond acceptors (Lipinski definition) is 2. The first-order valence-electron chi connectivity index (χ1n) is 10.4. The van der Waals surface area contributed by atoms with Crippen LogP contribution in [0.1, 0.15) is 64.7 Å². The lowest BCUT2D eigenvalue weighted by atomic mass is 9.93. The third-order valence-electron chi connectivity index (χ3n) is 5.58. The molecule has 2 atom stereocenters. The Kier molecular flexibility index (Phi) is 9.17. The Bertz CT molecular complexity index is 514. The molecule has 0 aromatic rings. The summed E-state index contributed by atoms with van der Waals surface area (Å²) in [4.78, 5) is 2.61. The van der Waals surface area contributed by atoms with Gasteiger partial charge in [0.05, 0.1) is 0 Å². The molecule has 146 valence electrons. The van der Waals surface area contributed by atoms with E-state index in [-0.39, 0.29) is 6.04 Å². The number of nitrogens with one attached hydrogen (secondary N) is 1. The summed E-state index contributed by atoms with van der Waals surface area (Å²) in [5.41, 5.74) is 3.05. The number of rotatable bonds is 11. The van der Waals surface area contributed by atoms with Crippen molar-refractivity contribution < 1.29 is 4.39 Å². The maximum atomic E-state index is 13.8. The van der Waals surface area contributed by atoms with Gasteiger partial charge in [0.15, 0.2) is 0 Å². The molecule has 0 saturated carbocycles. The normalized spacial score (nSPS) is 22.3. The molecule has 2 nitrogen and oxygen atoms in total. The minimum absolute atomic E-state index is 0.140. The zero-order valence-electron chi connectivity index (χ0n) is 16.6. The van der Waals surface area contributed by atoms with Crippen LogP contribution in [0.3, 0.4) is 0 Å². The van der Waals surface area contributed by atoms with Crippen LogP contribution in [-0.2, 0) is 0 Å². The van der Waals surface area contributed by atoms with Gasteiger partial charge >= 0.3 is 0 Å². The smallest absolute Gasteiger partial charge is 0.125 e. The topological polar surface area (TPSA) is 15.3 Å². The maximum absolute atomic E-state index is 13.8. The molecule has 1 fully saturated rings. The lowest BCUT2D eigenvalue weighted by Gasteiger charge is -2.26. The summed E-state index contributed by atoms with van der Waals surface area (Å²) in [6.45, 7) is 13.8. The van der Waals surface area contributed by atoms with Crippen molar-refractivity contribution >= 4 is 0 Å². The van der Waals surface area contributed by atoms with Gasteiger partial charge in [-0.1, -0.05) is 43.2 Å². The summed E-state index contributed by atoms with van der Waals surface area (Å²) in [6.07, 6.45) is 15.3. The van der Waals surface area contributed by atoms with E-state index in [9.17, 15) is 4.39 Å². The summed E-state index contributed by atoms with van der Waals surface area (Å²) >= 11 is 0. The van der Waals surface area contributed by atoms with E-state index in [0.717, 1.165) is 29.7 Å². The average Bonchev–Trinajstić information content (AvgIpc) is 2.64. The predicted octanol–water partition coefficient (Wildman–Crippen LogP) is 5.70. The average molecular weight is 361 g/mol. The Hall–Kier alpha value is -1.35. The van der Waals surface area contributed by atoms with Crippen LogP contribution in [0, 0.1) is 0 Å². The first kappa shape index (κ1) is 21.0. The van der Waals surface area contributed by atoms with E-state index in [1.54, 1.807) is 0 Å². The number of unbranched alkanes of at least 4 members (excludes halogenated alkanes) is 2. The van der Waals surface area contributed by atoms with Crippen LogP contribution in [0.4, 0.5) is 4.39 Å². The lowest BCUT2D eigenvalue weighted by molar-refractivity contribution is 0.224. The highest BCUT2D eigenvalue weighted by Gasteiger charge is 2.17. The molecule has 2 rings (SSSR count). The van der Waals surface area contributed by atoms with E-state index in [1.807, 2.05) is 19.1 Å². The second-order valence-corrected chi connectivity index (χ2v) is 7.91. The van der Waals surface area contributed by atoms with E-state index >= 15 is 0 Å². The van der Waals surface area contributed by atoms with Crippen LogP contribution in [0.2, 0.25) is 0 Å². The fraction of sp³-hybridized carbons (Fsp3) is 0.652. The van der Waals surface area contributed by atoms with Gasteiger partial charge in [-0.2, -0.15) is 0 Å². The number of alkyl halides is 1. The molecule has 1 N–H and O–H groups in total. The van der Waals surface area contributed by atoms with Gasteiger partial charge < -0.3 is 10.2 Å². The van der Waals surface area contributed by atoms with Crippen LogP contribution >= 0.6 is 0 Å². The summed E-state index contributed by atoms with van der Waals surface area (Å²) in [5, 5.41) is 3.47. The second-order valence-electron chi connectivity index (χ2n) is 7.91. The highest BCUT2D eigenvalue weighted by Crippen LogP contribution is 2.25. The van der Waals surface area contributed by atoms with Crippen LogP contribution in [-0.4, -0.2) is 36.7 Å². The minimum Gasteiger partial charge on any atom is -0.382 e. The molecule has 1 aliphatic carbocycles. The number of allylic oxidation sites excluding steroid dienone is 4. The zero-order chi connectivity index (χ0) is 18.8. The van der Waals surface area contributed by atoms with Gasteiger partial charge in [0.25, 0.3) is 0 Å². The highest BCUT2D eigenvalue weighted by molar-refractivity contribution is 5.27. The predicted molar refractivity (Wildman–Crippen MR) is 111 cm³/mol. The minimum atomic E-state index is -0.830. The Morgan fingerprint density at radius 2 is 2.04 bits per heavy atom. The first-order valence-corrected chi connectivity index (χ1v) is 10.4. The summed E-state index contributed by atoms with van der Waals surface area (Å²) in [7, 11) is 0. The van der Waals surface area contributed by atoms with Gasteiger partial charge in [0.1, 0.15) is 6.17 Å². The molecule has 1 saturated heterocycles. The molecule has 0 spiro atoms. The monoisotopic (exact) mass is 360 g/mol. The van der Waals surface area contributed by atoms with Crippen LogP contribution in [0.5, 0.6) is 0 Å². The van der Waals surface area contributed by atoms with Gasteiger partial charge in [0, 0.05) is 18.2 Å². The molecule has 2 aliphatic rings. The highest BCUT2D eigenvalue weighted by atomic mass is 19.1. The van der Waals surface area contributed by atoms with E-state index in [1.165, 1.54) is 58.2 Å². The third kappa shape index (κ3) is 7.49. The van der Waals surface area contributed by atoms with Crippen molar-refractivity contribution in [3.63, 3.8) is 0 Å². The van der Waals surface area contributed by atoms with Gasteiger partial charge in [0.2, 0.25) is 0 Å². The fourth-order valence-corrected chi connectivity index (χ4v) is 3.81. The Morgan fingerprint density at radius 1 is 1.27 bits per heavy atom. The molecule has 1 heterocycles. The molecule has 0 aromatic carbocycles. The van der Waals surface area contributed by atoms with Crippen LogP contribution < -0.4 is 5.32 Å². The number of likely N-dealkylation sites (tertiary alicyclic amines) is 1. The zero-order valence-corrected chi connectivity index (χ0v) is 16.6. The van der Waals surface area contributed by atoms with Crippen molar-refractivity contribution in [1.82, 2.24) is 10.2 Å². The largest absolute Gasteiger partial charge is 0.382 e. The van der Waals surface area contributed by atoms with Gasteiger partial charge in [-0.15, -0.1) is 6.58 Å². The number of hydrogen-bond donors (Lipinski definition) is 1. The number of halogens is 1. The van der Waals surface area contributed by atoms with Crippen molar-refractivity contribution in [3.8, 4) is 0 Å². The van der Waals surface area contributed by atoms with Crippen molar-refractivity contribution in [2.45, 2.75) is 76.9 Å². The summed E-state index contributed by atoms with van der Waals surface area (Å²) < 4.78 is 13.8. The van der Waals surface area contributed by atoms with Crippen molar-refractivity contribution in [1.29, 1.82) is 0 Å². The Balaban J connectivity index is 1.60. The lowest BCUT2D eigenvalue weighted by Crippen LogP contribution is -2.30. The summed E-state index contributed by atoms with van der Waals surface area (Å²) in [6, 6.07) is 0.140. The standard InChI is InChI=1S/C23H37FN2/c1-4-22(17-21-13-12-19(2)23(24)18-21)25-20(3)11-7-5-8-14-26-15-9-6-10-16-26/h4,12-13,22-23,25H,1,3,5-11,14-18H2,2H3. The van der Waals surface area contributed by atoms with E-state index in [2.05, 4.69) is 29.5 Å². The molecule has 1 aliphatic heterocycles. The van der Waals surface area contributed by atoms with Gasteiger partial charge in [-0.3, -0.25) is 0 Å². The third-order valence-corrected chi connectivity index (χ3v) is 5.58. The van der Waals surface area contributed by atoms with E-state index in [0.29, 0.717) is 6.42 Å². The molecule has 2 unspecified atom stereocenters. The van der Waals surface area contributed by atoms with E-state index < -0.39 is 6.17 Å². The Labute approximate surface area is 159 Å². The number of piperidine rings is 1. The maximum Gasteiger partial charge on any atom is 0.125 e. The molecule has 3 heteroatoms. The van der Waals surface area contributed by atoms with Crippen molar-refractivity contribution in [3.05, 3.63) is 48.2 Å². The molecule has 0 aromatic heterocycles. The fourth-order valence-electron chi connectivity index (χ4n) is 3.81. The first-order chi connectivity index (χ1) is 12.6.